The smallest absolute Gasteiger partial charge is 0.132 e. The average Bonchev–Trinajstić information content (AvgIpc) is 3.89. The van der Waals surface area contributed by atoms with Gasteiger partial charge in [-0.25, -0.2) is 0 Å². The van der Waals surface area contributed by atoms with Crippen LogP contribution >= 0.6 is 0 Å². The molecule has 0 bridgehead atoms. The molecule has 15 rings (SSSR count). The highest BCUT2D eigenvalue weighted by molar-refractivity contribution is 5.94. The Kier molecular flexibility index (Phi) is 8.49. The number of para-hydroxylation sites is 4. The van der Waals surface area contributed by atoms with Crippen molar-refractivity contribution in [3.63, 3.8) is 0 Å². The molecular weight excluding hydrogens is 863 g/mol. The molecule has 3 heteroatoms. The zero-order valence-corrected chi connectivity index (χ0v) is 38.6. The molecule has 3 nitrogen and oxygen atoms in total. The van der Waals surface area contributed by atoms with Gasteiger partial charge in [0, 0.05) is 39.3 Å². The van der Waals surface area contributed by atoms with Gasteiger partial charge < -0.3 is 14.4 Å². The van der Waals surface area contributed by atoms with E-state index in [1.807, 2.05) is 0 Å². The Balaban J connectivity index is 0.946. The summed E-state index contributed by atoms with van der Waals surface area (Å²) in [5.41, 5.74) is 21.3. The number of fused-ring (bicyclic) bond motifs is 18. The predicted octanol–water partition coefficient (Wildman–Crippen LogP) is 17.4. The lowest BCUT2D eigenvalue weighted by Crippen LogP contribution is -2.32. The van der Waals surface area contributed by atoms with E-state index in [0.29, 0.717) is 0 Å². The maximum absolute atomic E-state index is 6.72. The van der Waals surface area contributed by atoms with E-state index >= 15 is 0 Å². The fourth-order valence-corrected chi connectivity index (χ4v) is 12.7. The van der Waals surface area contributed by atoms with Gasteiger partial charge in [0.25, 0.3) is 0 Å². The molecule has 0 radical (unpaired) electrons. The van der Waals surface area contributed by atoms with Crippen LogP contribution in [0.3, 0.4) is 0 Å². The van der Waals surface area contributed by atoms with Crippen LogP contribution in [0.2, 0.25) is 0 Å². The summed E-state index contributed by atoms with van der Waals surface area (Å²) >= 11 is 0. The quantitative estimate of drug-likeness (QED) is 0.172. The van der Waals surface area contributed by atoms with Crippen LogP contribution in [-0.4, -0.2) is 0 Å². The van der Waals surface area contributed by atoms with Gasteiger partial charge in [0.2, 0.25) is 0 Å². The van der Waals surface area contributed by atoms with Gasteiger partial charge in [-0.2, -0.15) is 0 Å². The topological polar surface area (TPSA) is 21.7 Å². The Hall–Kier alpha value is -9.18. The Morgan fingerprint density at radius 1 is 0.225 bits per heavy atom. The largest absolute Gasteiger partial charge is 0.457 e. The maximum atomic E-state index is 6.72. The molecule has 0 fully saturated rings. The van der Waals surface area contributed by atoms with Crippen molar-refractivity contribution in [2.24, 2.45) is 0 Å². The van der Waals surface area contributed by atoms with Crippen LogP contribution in [-0.2, 0) is 10.8 Å². The zero-order valence-electron chi connectivity index (χ0n) is 38.6. The van der Waals surface area contributed by atoms with E-state index in [9.17, 15) is 0 Å². The normalized spacial score (nSPS) is 14.1. The zero-order chi connectivity index (χ0) is 46.7. The monoisotopic (exact) mass is 905 g/mol. The molecule has 2 spiro atoms. The summed E-state index contributed by atoms with van der Waals surface area (Å²) in [6.07, 6.45) is 0. The lowest BCUT2D eigenvalue weighted by molar-refractivity contribution is 0.436. The maximum Gasteiger partial charge on any atom is 0.132 e. The Morgan fingerprint density at radius 3 is 1.08 bits per heavy atom. The van der Waals surface area contributed by atoms with Crippen molar-refractivity contribution in [3.05, 3.63) is 305 Å². The molecule has 2 aliphatic heterocycles. The minimum absolute atomic E-state index is 0.561. The van der Waals surface area contributed by atoms with Gasteiger partial charge in [0.1, 0.15) is 23.0 Å². The van der Waals surface area contributed by atoms with E-state index in [1.165, 1.54) is 50.1 Å². The lowest BCUT2D eigenvalue weighted by atomic mass is 9.66. The highest BCUT2D eigenvalue weighted by Crippen LogP contribution is 2.64. The van der Waals surface area contributed by atoms with Crippen LogP contribution in [0.15, 0.2) is 261 Å². The van der Waals surface area contributed by atoms with Crippen LogP contribution in [0.5, 0.6) is 23.0 Å². The van der Waals surface area contributed by atoms with Gasteiger partial charge >= 0.3 is 0 Å². The van der Waals surface area contributed by atoms with E-state index in [1.54, 1.807) is 0 Å². The molecule has 0 unspecified atom stereocenters. The number of hydrogen-bond donors (Lipinski definition) is 0. The molecule has 4 aliphatic rings. The van der Waals surface area contributed by atoms with E-state index < -0.39 is 10.8 Å². The van der Waals surface area contributed by atoms with Gasteiger partial charge in [-0.1, -0.05) is 194 Å². The first kappa shape index (κ1) is 39.8. The summed E-state index contributed by atoms with van der Waals surface area (Å²) < 4.78 is 13.4. The molecule has 2 aliphatic carbocycles. The minimum atomic E-state index is -0.605. The van der Waals surface area contributed by atoms with E-state index in [2.05, 4.69) is 266 Å². The molecule has 0 amide bonds. The number of nitrogens with zero attached hydrogens (tertiary/aromatic N) is 1. The van der Waals surface area contributed by atoms with Crippen molar-refractivity contribution < 1.29 is 9.47 Å². The van der Waals surface area contributed by atoms with E-state index in [-0.39, 0.29) is 0 Å². The van der Waals surface area contributed by atoms with Crippen LogP contribution in [0.1, 0.15) is 44.5 Å². The van der Waals surface area contributed by atoms with Crippen molar-refractivity contribution in [3.8, 4) is 67.5 Å². The molecule has 0 atom stereocenters. The van der Waals surface area contributed by atoms with Crippen LogP contribution in [0.4, 0.5) is 17.1 Å². The number of ether oxygens (including phenoxy) is 2. The third-order valence-corrected chi connectivity index (χ3v) is 15.6. The molecular formula is C68H43NO2. The Bertz CT molecular complexity index is 3890. The number of anilines is 3. The fraction of sp³-hybridized carbons (Fsp3) is 0.0294. The van der Waals surface area contributed by atoms with Crippen LogP contribution < -0.4 is 14.4 Å². The first-order valence-electron chi connectivity index (χ1n) is 24.5. The van der Waals surface area contributed by atoms with Crippen molar-refractivity contribution >= 4 is 17.1 Å². The highest BCUT2D eigenvalue weighted by Gasteiger charge is 2.52. The van der Waals surface area contributed by atoms with Crippen LogP contribution in [0, 0.1) is 0 Å². The van der Waals surface area contributed by atoms with Gasteiger partial charge in [0.15, 0.2) is 0 Å². The lowest BCUT2D eigenvalue weighted by Gasteiger charge is -2.39. The van der Waals surface area contributed by atoms with Gasteiger partial charge in [-0.15, -0.1) is 0 Å². The molecule has 0 aromatic heterocycles. The summed E-state index contributed by atoms with van der Waals surface area (Å²) in [5, 5.41) is 0. The third-order valence-electron chi connectivity index (χ3n) is 15.6. The molecule has 0 N–H and O–H groups in total. The number of rotatable bonds is 5. The van der Waals surface area contributed by atoms with E-state index in [4.69, 9.17) is 9.47 Å². The second-order valence-corrected chi connectivity index (χ2v) is 19.1. The molecule has 0 saturated heterocycles. The highest BCUT2D eigenvalue weighted by atomic mass is 16.5. The standard InChI is InChI=1S/C68H43NO2/c1-2-18-44(19-3-1)45-20-16-22-48(40-45)69(50-37-39-54-52-25-5-7-27-56(52)68(62(54)43-50)59-30-10-14-34-65(59)71-66-35-15-11-31-60(66)68)49-23-17-21-46(41-49)47-36-38-53-51-24-4-6-26-55(51)67(61(53)42-47)57-28-8-12-32-63(57)70-64-33-13-9-29-58(64)67/h1-43H. The fourth-order valence-electron chi connectivity index (χ4n) is 12.7. The molecule has 11 aromatic rings. The van der Waals surface area contributed by atoms with E-state index in [0.717, 1.165) is 79.0 Å². The van der Waals surface area contributed by atoms with Crippen molar-refractivity contribution in [1.82, 2.24) is 0 Å². The first-order chi connectivity index (χ1) is 35.2. The second-order valence-electron chi connectivity index (χ2n) is 19.1. The van der Waals surface area contributed by atoms with Crippen molar-refractivity contribution in [1.29, 1.82) is 0 Å². The molecule has 332 valence electrons. The summed E-state index contributed by atoms with van der Waals surface area (Å²) in [4.78, 5) is 2.44. The molecule has 2 heterocycles. The minimum Gasteiger partial charge on any atom is -0.457 e. The van der Waals surface area contributed by atoms with Crippen molar-refractivity contribution in [2.45, 2.75) is 10.8 Å². The predicted molar refractivity (Wildman–Crippen MR) is 287 cm³/mol. The summed E-state index contributed by atoms with van der Waals surface area (Å²) in [5.74, 6) is 3.54. The van der Waals surface area contributed by atoms with Crippen molar-refractivity contribution in [2.75, 3.05) is 4.90 Å². The van der Waals surface area contributed by atoms with Crippen LogP contribution in [0.25, 0.3) is 44.5 Å². The summed E-state index contributed by atoms with van der Waals surface area (Å²) in [6.45, 7) is 0. The molecule has 11 aromatic carbocycles. The SMILES string of the molecule is c1ccc(-c2cccc(N(c3cccc(-c4ccc5c(c4)C4(c6ccccc6Oc6ccccc64)c4ccccc4-5)c3)c3ccc4c(c3)C3(c5ccccc5Oc5ccccc53)c3ccccc3-4)c2)cc1. The summed E-state index contributed by atoms with van der Waals surface area (Å²) in [6, 6.07) is 95.2. The Labute approximate surface area is 413 Å². The van der Waals surface area contributed by atoms with Gasteiger partial charge in [0.05, 0.1) is 10.8 Å². The van der Waals surface area contributed by atoms with Gasteiger partial charge in [-0.05, 0) is 133 Å². The third kappa shape index (κ3) is 5.54. The second kappa shape index (κ2) is 15.2. The Morgan fingerprint density at radius 2 is 0.577 bits per heavy atom. The number of hydrogen-bond acceptors (Lipinski definition) is 3. The first-order valence-corrected chi connectivity index (χ1v) is 24.5. The number of benzene rings is 11. The molecule has 71 heavy (non-hydrogen) atoms. The average molecular weight is 906 g/mol. The summed E-state index contributed by atoms with van der Waals surface area (Å²) in [7, 11) is 0. The van der Waals surface area contributed by atoms with Gasteiger partial charge in [-0.3, -0.25) is 0 Å². The molecule has 0 saturated carbocycles.